The molecular formula is C14H17IN2O3. The van der Waals surface area contributed by atoms with Gasteiger partial charge in [0.15, 0.2) is 0 Å². The number of hydrogen-bond donors (Lipinski definition) is 2. The van der Waals surface area contributed by atoms with E-state index in [4.69, 9.17) is 5.11 Å². The molecule has 5 nitrogen and oxygen atoms in total. The summed E-state index contributed by atoms with van der Waals surface area (Å²) in [6.07, 6.45) is 0. The van der Waals surface area contributed by atoms with Gasteiger partial charge in [0, 0.05) is 16.7 Å². The van der Waals surface area contributed by atoms with Crippen LogP contribution in [0.1, 0.15) is 6.92 Å². The molecule has 6 heteroatoms. The first-order chi connectivity index (χ1) is 9.47. The third-order valence-electron chi connectivity index (χ3n) is 3.60. The number of nitrogens with one attached hydrogen (secondary N) is 1. The molecule has 20 heavy (non-hydrogen) atoms. The van der Waals surface area contributed by atoms with E-state index < -0.39 is 5.97 Å². The smallest absolute Gasteiger partial charge is 0.306 e. The molecule has 1 saturated heterocycles. The minimum Gasteiger partial charge on any atom is -0.481 e. The molecule has 2 N–H and O–H groups in total. The number of aliphatic carboxylic acids is 1. The molecule has 0 spiro atoms. The average molecular weight is 388 g/mol. The van der Waals surface area contributed by atoms with E-state index in [0.717, 1.165) is 9.26 Å². The van der Waals surface area contributed by atoms with Gasteiger partial charge in [-0.25, -0.2) is 0 Å². The van der Waals surface area contributed by atoms with Gasteiger partial charge in [-0.2, -0.15) is 0 Å². The highest BCUT2D eigenvalue weighted by Gasteiger charge is 2.35. The molecule has 108 valence electrons. The molecule has 0 bridgehead atoms. The van der Waals surface area contributed by atoms with Crippen LogP contribution in [0.15, 0.2) is 24.3 Å². The lowest BCUT2D eigenvalue weighted by molar-refractivity contribution is -0.145. The van der Waals surface area contributed by atoms with Gasteiger partial charge in [-0.3, -0.25) is 14.5 Å². The van der Waals surface area contributed by atoms with Crippen LogP contribution in [0.3, 0.4) is 0 Å². The van der Waals surface area contributed by atoms with Crippen LogP contribution in [0.2, 0.25) is 0 Å². The van der Waals surface area contributed by atoms with Crippen molar-refractivity contribution in [2.24, 2.45) is 11.8 Å². The summed E-state index contributed by atoms with van der Waals surface area (Å²) in [6, 6.07) is 7.60. The highest BCUT2D eigenvalue weighted by molar-refractivity contribution is 14.1. The summed E-state index contributed by atoms with van der Waals surface area (Å²) in [4.78, 5) is 24.7. The molecule has 1 aromatic carbocycles. The molecule has 1 atom stereocenters. The number of nitrogens with zero attached hydrogens (tertiary/aromatic N) is 1. The number of anilines is 1. The molecule has 1 unspecified atom stereocenters. The Balaban J connectivity index is 1.78. The van der Waals surface area contributed by atoms with E-state index in [2.05, 4.69) is 27.9 Å². The maximum Gasteiger partial charge on any atom is 0.306 e. The number of carboxylic acids is 1. The third-order valence-corrected chi connectivity index (χ3v) is 4.54. The largest absolute Gasteiger partial charge is 0.481 e. The van der Waals surface area contributed by atoms with Gasteiger partial charge < -0.3 is 10.4 Å². The number of rotatable bonds is 5. The molecule has 2 rings (SSSR count). The lowest BCUT2D eigenvalue weighted by Gasteiger charge is -2.40. The Bertz CT molecular complexity index is 515. The van der Waals surface area contributed by atoms with Gasteiger partial charge in [0.1, 0.15) is 0 Å². The van der Waals surface area contributed by atoms with Gasteiger partial charge in [-0.1, -0.05) is 19.1 Å². The summed E-state index contributed by atoms with van der Waals surface area (Å²) in [5.41, 5.74) is 0.814. The maximum atomic E-state index is 11.9. The highest BCUT2D eigenvalue weighted by atomic mass is 127. The summed E-state index contributed by atoms with van der Waals surface area (Å²) in [7, 11) is 0. The first-order valence-electron chi connectivity index (χ1n) is 6.47. The van der Waals surface area contributed by atoms with Crippen LogP contribution < -0.4 is 5.32 Å². The normalized spacial score (nSPS) is 17.3. The fourth-order valence-electron chi connectivity index (χ4n) is 2.21. The quantitative estimate of drug-likeness (QED) is 0.756. The number of carbonyl (C=O) groups is 2. The van der Waals surface area contributed by atoms with Crippen molar-refractivity contribution < 1.29 is 14.7 Å². The Morgan fingerprint density at radius 3 is 2.70 bits per heavy atom. The number of benzene rings is 1. The predicted molar refractivity (Wildman–Crippen MR) is 84.5 cm³/mol. The number of likely N-dealkylation sites (tertiary alicyclic amines) is 1. The van der Waals surface area contributed by atoms with Gasteiger partial charge in [-0.05, 0) is 40.6 Å². The number of hydrogen-bond acceptors (Lipinski definition) is 3. The Kier molecular flexibility index (Phi) is 4.98. The van der Waals surface area contributed by atoms with Gasteiger partial charge >= 0.3 is 5.97 Å². The second-order valence-electron chi connectivity index (χ2n) is 5.11. The van der Waals surface area contributed by atoms with Crippen LogP contribution in [0.4, 0.5) is 5.69 Å². The number of halogens is 1. The van der Waals surface area contributed by atoms with Gasteiger partial charge in [0.05, 0.1) is 18.2 Å². The fourth-order valence-corrected chi connectivity index (χ4v) is 2.73. The van der Waals surface area contributed by atoms with Crippen LogP contribution in [0.25, 0.3) is 0 Å². The molecule has 0 aromatic heterocycles. The minimum absolute atomic E-state index is 0.0597. The second-order valence-corrected chi connectivity index (χ2v) is 6.27. The van der Waals surface area contributed by atoms with Gasteiger partial charge in [0.25, 0.3) is 0 Å². The van der Waals surface area contributed by atoms with E-state index in [9.17, 15) is 9.59 Å². The number of para-hydroxylation sites is 1. The van der Waals surface area contributed by atoms with Gasteiger partial charge in [-0.15, -0.1) is 0 Å². The van der Waals surface area contributed by atoms with Crippen molar-refractivity contribution >= 4 is 40.2 Å². The maximum absolute atomic E-state index is 11.9. The number of carboxylic acid groups (broad SMARTS) is 1. The molecule has 1 amide bonds. The summed E-state index contributed by atoms with van der Waals surface area (Å²) < 4.78 is 0.999. The zero-order chi connectivity index (χ0) is 14.7. The Morgan fingerprint density at radius 1 is 1.45 bits per heavy atom. The monoisotopic (exact) mass is 388 g/mol. The first-order valence-corrected chi connectivity index (χ1v) is 7.55. The molecule has 1 fully saturated rings. The minimum atomic E-state index is -0.766. The van der Waals surface area contributed by atoms with Crippen molar-refractivity contribution in [3.8, 4) is 0 Å². The van der Waals surface area contributed by atoms with Crippen molar-refractivity contribution in [3.05, 3.63) is 27.8 Å². The molecule has 1 aromatic rings. The van der Waals surface area contributed by atoms with E-state index >= 15 is 0 Å². The van der Waals surface area contributed by atoms with Crippen LogP contribution in [-0.2, 0) is 9.59 Å². The van der Waals surface area contributed by atoms with Gasteiger partial charge in [0.2, 0.25) is 5.91 Å². The zero-order valence-corrected chi connectivity index (χ0v) is 13.3. The molecule has 1 heterocycles. The standard InChI is InChI=1S/C14H17IN2O3/c1-9(14(19)20)10-6-17(7-10)8-13(18)16-12-5-3-2-4-11(12)15/h2-5,9-10H,6-8H2,1H3,(H,16,18)(H,19,20). The number of amides is 1. The molecule has 0 aliphatic carbocycles. The molecule has 1 aliphatic heterocycles. The summed E-state index contributed by atoms with van der Waals surface area (Å²) in [5.74, 6) is -1.02. The van der Waals surface area contributed by atoms with Crippen LogP contribution in [0, 0.1) is 15.4 Å². The highest BCUT2D eigenvalue weighted by Crippen LogP contribution is 2.24. The van der Waals surface area contributed by atoms with Crippen LogP contribution in [-0.4, -0.2) is 41.5 Å². The van der Waals surface area contributed by atoms with E-state index in [1.54, 1.807) is 6.92 Å². The molecule has 0 saturated carbocycles. The lowest BCUT2D eigenvalue weighted by Crippen LogP contribution is -2.53. The molecule has 1 aliphatic rings. The van der Waals surface area contributed by atoms with Crippen molar-refractivity contribution in [1.29, 1.82) is 0 Å². The lowest BCUT2D eigenvalue weighted by atomic mass is 9.87. The van der Waals surface area contributed by atoms with Crippen LogP contribution in [0.5, 0.6) is 0 Å². The van der Waals surface area contributed by atoms with Crippen molar-refractivity contribution in [1.82, 2.24) is 4.90 Å². The topological polar surface area (TPSA) is 69.6 Å². The average Bonchev–Trinajstić information content (AvgIpc) is 2.35. The first kappa shape index (κ1) is 15.2. The SMILES string of the molecule is CC(C(=O)O)C1CN(CC(=O)Nc2ccccc2I)C1. The number of carbonyl (C=O) groups excluding carboxylic acids is 1. The second kappa shape index (κ2) is 6.53. The van der Waals surface area contributed by atoms with Crippen molar-refractivity contribution in [3.63, 3.8) is 0 Å². The van der Waals surface area contributed by atoms with Crippen LogP contribution >= 0.6 is 22.6 Å². The van der Waals surface area contributed by atoms with E-state index in [0.29, 0.717) is 19.6 Å². The predicted octanol–water partition coefficient (Wildman–Crippen LogP) is 1.88. The van der Waals surface area contributed by atoms with E-state index in [1.165, 1.54) is 0 Å². The summed E-state index contributed by atoms with van der Waals surface area (Å²) in [5, 5.41) is 11.8. The van der Waals surface area contributed by atoms with Crippen molar-refractivity contribution in [2.45, 2.75) is 6.92 Å². The molecule has 0 radical (unpaired) electrons. The zero-order valence-electron chi connectivity index (χ0n) is 11.2. The third kappa shape index (κ3) is 3.69. The Hall–Kier alpha value is -1.15. The molecular weight excluding hydrogens is 371 g/mol. The van der Waals surface area contributed by atoms with E-state index in [-0.39, 0.29) is 17.7 Å². The Morgan fingerprint density at radius 2 is 2.10 bits per heavy atom. The fraction of sp³-hybridized carbons (Fsp3) is 0.429. The van der Waals surface area contributed by atoms with E-state index in [1.807, 2.05) is 29.2 Å². The van der Waals surface area contributed by atoms with Crippen molar-refractivity contribution in [2.75, 3.05) is 25.0 Å². The summed E-state index contributed by atoms with van der Waals surface area (Å²) in [6.45, 7) is 3.38. The Labute approximate surface area is 131 Å². The summed E-state index contributed by atoms with van der Waals surface area (Å²) >= 11 is 2.18.